The molecule has 6 heteroatoms. The molecule has 0 aliphatic rings. The monoisotopic (exact) mass is 292 g/mol. The molecule has 0 fully saturated rings. The number of anilines is 1. The molecule has 0 aliphatic carbocycles. The van der Waals surface area contributed by atoms with Gasteiger partial charge in [-0.3, -0.25) is 0 Å². The van der Waals surface area contributed by atoms with Crippen LogP contribution in [0.2, 0.25) is 5.02 Å². The number of nitrogens with one attached hydrogen (secondary N) is 1. The Morgan fingerprint density at radius 3 is 2.70 bits per heavy atom. The number of nitrogen functional groups attached to an aromatic ring is 1. The lowest BCUT2D eigenvalue weighted by atomic mass is 10.1. The van der Waals surface area contributed by atoms with Crippen molar-refractivity contribution in [3.05, 3.63) is 40.2 Å². The van der Waals surface area contributed by atoms with E-state index in [1.54, 1.807) is 6.92 Å². The molecule has 0 atom stereocenters. The minimum absolute atomic E-state index is 0.481. The fourth-order valence-corrected chi connectivity index (χ4v) is 2.09. The first-order chi connectivity index (χ1) is 9.55. The van der Waals surface area contributed by atoms with E-state index in [-0.39, 0.29) is 0 Å². The summed E-state index contributed by atoms with van der Waals surface area (Å²) < 4.78 is 5.82. The highest BCUT2D eigenvalue weighted by atomic mass is 35.5. The molecule has 0 radical (unpaired) electrons. The summed E-state index contributed by atoms with van der Waals surface area (Å²) in [6, 6.07) is 5.55. The average molecular weight is 293 g/mol. The van der Waals surface area contributed by atoms with Crippen LogP contribution in [0.4, 0.5) is 5.82 Å². The third-order valence-electron chi connectivity index (χ3n) is 2.96. The van der Waals surface area contributed by atoms with Crippen LogP contribution in [0.15, 0.2) is 18.2 Å². The van der Waals surface area contributed by atoms with Crippen LogP contribution in [0.5, 0.6) is 11.6 Å². The molecule has 2 rings (SSSR count). The number of hydrogen-bond donors (Lipinski definition) is 2. The second-order valence-electron chi connectivity index (χ2n) is 4.40. The van der Waals surface area contributed by atoms with Gasteiger partial charge in [0.1, 0.15) is 17.4 Å². The van der Waals surface area contributed by atoms with E-state index in [9.17, 15) is 0 Å². The van der Waals surface area contributed by atoms with Crippen molar-refractivity contribution in [3.63, 3.8) is 0 Å². The predicted molar refractivity (Wildman–Crippen MR) is 80.2 cm³/mol. The molecule has 1 heterocycles. The Kier molecular flexibility index (Phi) is 4.42. The first-order valence-electron chi connectivity index (χ1n) is 6.33. The van der Waals surface area contributed by atoms with Crippen molar-refractivity contribution in [1.29, 1.82) is 0 Å². The number of aryl methyl sites for hydroxylation is 2. The molecule has 1 aromatic heterocycles. The van der Waals surface area contributed by atoms with Gasteiger partial charge in [0, 0.05) is 5.02 Å². The Morgan fingerprint density at radius 1 is 1.30 bits per heavy atom. The quantitative estimate of drug-likeness (QED) is 0.667. The number of nitrogens with two attached hydrogens (primary N) is 1. The van der Waals surface area contributed by atoms with Crippen molar-refractivity contribution >= 4 is 17.4 Å². The van der Waals surface area contributed by atoms with Crippen LogP contribution in [0.1, 0.15) is 23.9 Å². The molecule has 106 valence electrons. The van der Waals surface area contributed by atoms with Crippen LogP contribution in [0.3, 0.4) is 0 Å². The van der Waals surface area contributed by atoms with Crippen molar-refractivity contribution in [3.8, 4) is 11.6 Å². The number of aromatic nitrogens is 2. The highest BCUT2D eigenvalue weighted by molar-refractivity contribution is 6.31. The fourth-order valence-electron chi connectivity index (χ4n) is 1.84. The topological polar surface area (TPSA) is 73.1 Å². The van der Waals surface area contributed by atoms with Crippen LogP contribution in [0, 0.1) is 13.8 Å². The number of rotatable bonds is 4. The molecule has 2 aromatic rings. The summed E-state index contributed by atoms with van der Waals surface area (Å²) in [6.45, 7) is 5.68. The number of halogens is 1. The highest BCUT2D eigenvalue weighted by Crippen LogP contribution is 2.29. The molecule has 0 saturated heterocycles. The highest BCUT2D eigenvalue weighted by Gasteiger charge is 2.11. The average Bonchev–Trinajstić information content (AvgIpc) is 2.44. The maximum absolute atomic E-state index is 6.10. The molecule has 0 spiro atoms. The van der Waals surface area contributed by atoms with E-state index < -0.39 is 0 Å². The lowest BCUT2D eigenvalue weighted by Crippen LogP contribution is -2.12. The van der Waals surface area contributed by atoms with Crippen LogP contribution < -0.4 is 16.0 Å². The Balaban J connectivity index is 2.37. The van der Waals surface area contributed by atoms with Crippen LogP contribution >= 0.6 is 11.6 Å². The molecule has 1 aromatic carbocycles. The van der Waals surface area contributed by atoms with E-state index in [2.05, 4.69) is 15.4 Å². The van der Waals surface area contributed by atoms with E-state index in [1.165, 1.54) is 0 Å². The fraction of sp³-hybridized carbons (Fsp3) is 0.286. The van der Waals surface area contributed by atoms with Gasteiger partial charge in [-0.25, -0.2) is 10.8 Å². The normalized spacial score (nSPS) is 10.4. The zero-order valence-corrected chi connectivity index (χ0v) is 12.5. The maximum Gasteiger partial charge on any atom is 0.227 e. The second-order valence-corrected chi connectivity index (χ2v) is 4.81. The molecule has 0 bridgehead atoms. The third-order valence-corrected chi connectivity index (χ3v) is 3.33. The number of hydrazine groups is 1. The van der Waals surface area contributed by atoms with Crippen molar-refractivity contribution in [2.75, 3.05) is 5.43 Å². The molecule has 0 unspecified atom stereocenters. The Hall–Kier alpha value is -1.85. The van der Waals surface area contributed by atoms with E-state index in [0.717, 1.165) is 22.6 Å². The number of benzene rings is 1. The summed E-state index contributed by atoms with van der Waals surface area (Å²) in [5, 5.41) is 0.736. The smallest absolute Gasteiger partial charge is 0.227 e. The Labute approximate surface area is 123 Å². The molecule has 0 amide bonds. The Morgan fingerprint density at radius 2 is 2.05 bits per heavy atom. The molecule has 3 N–H and O–H groups in total. The van der Waals surface area contributed by atoms with Gasteiger partial charge >= 0.3 is 0 Å². The summed E-state index contributed by atoms with van der Waals surface area (Å²) >= 11 is 6.10. The van der Waals surface area contributed by atoms with E-state index in [4.69, 9.17) is 22.2 Å². The molecule has 5 nitrogen and oxygen atoms in total. The lowest BCUT2D eigenvalue weighted by Gasteiger charge is -2.12. The van der Waals surface area contributed by atoms with Gasteiger partial charge in [-0.2, -0.15) is 4.98 Å². The minimum atomic E-state index is 0.481. The molecule has 0 saturated carbocycles. The first-order valence-corrected chi connectivity index (χ1v) is 6.71. The van der Waals surface area contributed by atoms with Gasteiger partial charge in [0.2, 0.25) is 5.88 Å². The Bertz CT molecular complexity index is 631. The van der Waals surface area contributed by atoms with Gasteiger partial charge in [-0.1, -0.05) is 18.5 Å². The van der Waals surface area contributed by atoms with Gasteiger partial charge < -0.3 is 10.2 Å². The number of nitrogens with zero attached hydrogens (tertiary/aromatic N) is 2. The van der Waals surface area contributed by atoms with Gasteiger partial charge in [-0.15, -0.1) is 0 Å². The zero-order chi connectivity index (χ0) is 14.7. The first kappa shape index (κ1) is 14.6. The molecule has 20 heavy (non-hydrogen) atoms. The third kappa shape index (κ3) is 3.00. The standard InChI is InChI=1S/C14H17ClN4O/c1-4-10-7-11(5-6-12(10)15)20-14-8(2)13(19-16)17-9(3)18-14/h5-7H,4,16H2,1-3H3,(H,17,18,19). The SMILES string of the molecule is CCc1cc(Oc2nc(C)nc(NN)c2C)ccc1Cl. The lowest BCUT2D eigenvalue weighted by molar-refractivity contribution is 0.455. The summed E-state index contributed by atoms with van der Waals surface area (Å²) in [5.74, 6) is 7.74. The largest absolute Gasteiger partial charge is 0.439 e. The maximum atomic E-state index is 6.10. The van der Waals surface area contributed by atoms with E-state index in [0.29, 0.717) is 23.3 Å². The van der Waals surface area contributed by atoms with Gasteiger partial charge in [0.15, 0.2) is 0 Å². The van der Waals surface area contributed by atoms with Crippen molar-refractivity contribution in [1.82, 2.24) is 9.97 Å². The van der Waals surface area contributed by atoms with E-state index in [1.807, 2.05) is 32.0 Å². The van der Waals surface area contributed by atoms with Crippen molar-refractivity contribution < 1.29 is 4.74 Å². The van der Waals surface area contributed by atoms with Crippen molar-refractivity contribution in [2.24, 2.45) is 5.84 Å². The summed E-state index contributed by atoms with van der Waals surface area (Å²) in [4.78, 5) is 8.49. The molecule has 0 aliphatic heterocycles. The van der Waals surface area contributed by atoms with Crippen LogP contribution in [0.25, 0.3) is 0 Å². The predicted octanol–water partition coefficient (Wildman–Crippen LogP) is 3.39. The van der Waals surface area contributed by atoms with Gasteiger partial charge in [0.25, 0.3) is 0 Å². The summed E-state index contributed by atoms with van der Waals surface area (Å²) in [6.07, 6.45) is 0.841. The second kappa shape index (κ2) is 6.07. The van der Waals surface area contributed by atoms with Gasteiger partial charge in [0.05, 0.1) is 5.56 Å². The number of ether oxygens (including phenoxy) is 1. The van der Waals surface area contributed by atoms with Crippen LogP contribution in [-0.2, 0) is 6.42 Å². The van der Waals surface area contributed by atoms with Gasteiger partial charge in [-0.05, 0) is 44.0 Å². The van der Waals surface area contributed by atoms with E-state index >= 15 is 0 Å². The number of hydrogen-bond acceptors (Lipinski definition) is 5. The van der Waals surface area contributed by atoms with Crippen molar-refractivity contribution in [2.45, 2.75) is 27.2 Å². The molecular weight excluding hydrogens is 276 g/mol. The van der Waals surface area contributed by atoms with Crippen LogP contribution in [-0.4, -0.2) is 9.97 Å². The summed E-state index contributed by atoms with van der Waals surface area (Å²) in [7, 11) is 0. The summed E-state index contributed by atoms with van der Waals surface area (Å²) in [5.41, 5.74) is 4.33. The molecular formula is C14H17ClN4O. The zero-order valence-electron chi connectivity index (χ0n) is 11.7. The minimum Gasteiger partial charge on any atom is -0.439 e.